The molecule has 8 nitrogen and oxygen atoms in total. The standard InChI is InChI=1S/C16H25F2N3O2.C8H10O.C6H13NO.3C2H6/c1-4-9-21(10-13(17)18)16(23)15(22)14(20-11(2)3)12-7-5-6-8-19-12;1-6-4-3-5-8(9)7(6)2;1-6(2,3)4-7-5-8;3*1-2/h5-7,13-15,19-20,22H,2,4,8-10H2,1,3H3;3-5,9H,1-2H3;5H,4H2,1-3H3,(H,7,8);3*1-2H3. The topological polar surface area (TPSA) is 114 Å². The Balaban J connectivity index is -0.000000314. The van der Waals surface area contributed by atoms with Gasteiger partial charge < -0.3 is 31.1 Å². The first-order chi connectivity index (χ1) is 21.6. The lowest BCUT2D eigenvalue weighted by molar-refractivity contribution is -0.143. The molecule has 1 heterocycles. The lowest BCUT2D eigenvalue weighted by Crippen LogP contribution is -2.53. The fourth-order valence-electron chi connectivity index (χ4n) is 3.42. The van der Waals surface area contributed by atoms with Crippen LogP contribution in [-0.4, -0.2) is 72.2 Å². The van der Waals surface area contributed by atoms with E-state index in [2.05, 4.69) is 43.3 Å². The number of dihydropyridines is 1. The van der Waals surface area contributed by atoms with E-state index >= 15 is 0 Å². The molecule has 268 valence electrons. The maximum absolute atomic E-state index is 12.7. The molecule has 1 aromatic rings. The first-order valence-corrected chi connectivity index (χ1v) is 16.3. The number of aryl methyl sites for hydroxylation is 1. The molecule has 2 atom stereocenters. The normalized spacial score (nSPS) is 12.3. The fourth-order valence-corrected chi connectivity index (χ4v) is 3.42. The lowest BCUT2D eigenvalue weighted by atomic mass is 9.97. The predicted octanol–water partition coefficient (Wildman–Crippen LogP) is 7.25. The van der Waals surface area contributed by atoms with Gasteiger partial charge in [0.2, 0.25) is 6.41 Å². The van der Waals surface area contributed by atoms with E-state index in [9.17, 15) is 23.5 Å². The SMILES string of the molecule is C=C(C)NC(C1=CC=CCN1)C(O)C(=O)N(CCC)CC(F)F.CC.CC.CC.CC(C)(C)CNC=O.Cc1cccc(O)c1C. The fraction of sp³-hybridized carbons (Fsp3) is 0.611. The number of alkyl halides is 2. The highest BCUT2D eigenvalue weighted by Crippen LogP contribution is 2.18. The second kappa shape index (κ2) is 30.3. The summed E-state index contributed by atoms with van der Waals surface area (Å²) < 4.78 is 25.3. The van der Waals surface area contributed by atoms with Gasteiger partial charge in [0.1, 0.15) is 11.8 Å². The number of aliphatic hydroxyl groups is 1. The summed E-state index contributed by atoms with van der Waals surface area (Å²) in [5.74, 6) is -0.335. The van der Waals surface area contributed by atoms with Crippen molar-refractivity contribution in [2.75, 3.05) is 26.2 Å². The molecule has 0 saturated heterocycles. The van der Waals surface area contributed by atoms with Crippen molar-refractivity contribution < 1.29 is 28.6 Å². The maximum atomic E-state index is 12.7. The molecular weight excluding hydrogens is 590 g/mol. The third kappa shape index (κ3) is 24.9. The molecule has 1 aliphatic rings. The number of carbonyl (C=O) groups excluding carboxylic acids is 2. The summed E-state index contributed by atoms with van der Waals surface area (Å²) in [6.45, 7) is 30.1. The molecule has 10 heteroatoms. The molecule has 0 aliphatic carbocycles. The van der Waals surface area contributed by atoms with Crippen LogP contribution in [0.15, 0.2) is 54.4 Å². The number of hydrogen-bond acceptors (Lipinski definition) is 6. The van der Waals surface area contributed by atoms with E-state index in [4.69, 9.17) is 5.11 Å². The highest BCUT2D eigenvalue weighted by atomic mass is 19.3. The van der Waals surface area contributed by atoms with Gasteiger partial charge in [-0.05, 0) is 55.9 Å². The van der Waals surface area contributed by atoms with Crippen molar-refractivity contribution in [2.24, 2.45) is 5.41 Å². The molecule has 0 fully saturated rings. The molecule has 2 amide bonds. The number of nitrogens with one attached hydrogen (secondary N) is 3. The molecular formula is C36H66F2N4O4. The van der Waals surface area contributed by atoms with Crippen molar-refractivity contribution in [2.45, 2.75) is 115 Å². The van der Waals surface area contributed by atoms with Gasteiger partial charge in [-0.3, -0.25) is 9.59 Å². The predicted molar refractivity (Wildman–Crippen MR) is 191 cm³/mol. The summed E-state index contributed by atoms with van der Waals surface area (Å²) in [4.78, 5) is 23.2. The number of phenolic OH excluding ortho intramolecular Hbond substituents is 1. The van der Waals surface area contributed by atoms with Gasteiger partial charge in [0.15, 0.2) is 6.10 Å². The van der Waals surface area contributed by atoms with Crippen LogP contribution in [0.1, 0.15) is 93.7 Å². The third-order valence-corrected chi connectivity index (χ3v) is 5.60. The maximum Gasteiger partial charge on any atom is 0.255 e. The molecule has 5 N–H and O–H groups in total. The Bertz CT molecular complexity index is 972. The van der Waals surface area contributed by atoms with Gasteiger partial charge in [-0.2, -0.15) is 0 Å². The molecule has 1 aromatic carbocycles. The van der Waals surface area contributed by atoms with E-state index in [-0.39, 0.29) is 12.0 Å². The highest BCUT2D eigenvalue weighted by molar-refractivity contribution is 5.82. The molecule has 0 saturated carbocycles. The van der Waals surface area contributed by atoms with Crippen LogP contribution in [0.3, 0.4) is 0 Å². The quantitative estimate of drug-likeness (QED) is 0.160. The zero-order valence-electron chi connectivity index (χ0n) is 30.9. The van der Waals surface area contributed by atoms with Crippen molar-refractivity contribution in [1.29, 1.82) is 0 Å². The summed E-state index contributed by atoms with van der Waals surface area (Å²) in [6.07, 6.45) is 2.56. The zero-order valence-corrected chi connectivity index (χ0v) is 30.9. The summed E-state index contributed by atoms with van der Waals surface area (Å²) in [5, 5.41) is 28.2. The Morgan fingerprint density at radius 1 is 1.13 bits per heavy atom. The second-order valence-electron chi connectivity index (χ2n) is 10.7. The minimum Gasteiger partial charge on any atom is -0.508 e. The Labute approximate surface area is 279 Å². The van der Waals surface area contributed by atoms with Crippen LogP contribution >= 0.6 is 0 Å². The number of phenols is 1. The molecule has 2 rings (SSSR count). The summed E-state index contributed by atoms with van der Waals surface area (Å²) in [6, 6.07) is 4.76. The Morgan fingerprint density at radius 3 is 2.04 bits per heavy atom. The number of allylic oxidation sites excluding steroid dienone is 3. The van der Waals surface area contributed by atoms with E-state index < -0.39 is 31.0 Å². The van der Waals surface area contributed by atoms with Gasteiger partial charge in [-0.25, -0.2) is 8.78 Å². The molecule has 0 radical (unpaired) electrons. The van der Waals surface area contributed by atoms with Crippen LogP contribution in [0.2, 0.25) is 0 Å². The molecule has 46 heavy (non-hydrogen) atoms. The van der Waals surface area contributed by atoms with Crippen molar-refractivity contribution in [1.82, 2.24) is 20.9 Å². The average molecular weight is 657 g/mol. The molecule has 2 unspecified atom stereocenters. The van der Waals surface area contributed by atoms with Gasteiger partial charge in [0.05, 0.1) is 6.54 Å². The largest absolute Gasteiger partial charge is 0.508 e. The van der Waals surface area contributed by atoms with Gasteiger partial charge in [0.25, 0.3) is 12.3 Å². The van der Waals surface area contributed by atoms with Crippen molar-refractivity contribution in [3.05, 3.63) is 65.5 Å². The Hall–Kier alpha value is -3.40. The smallest absolute Gasteiger partial charge is 0.255 e. The molecule has 0 bridgehead atoms. The first kappa shape index (κ1) is 49.5. The Morgan fingerprint density at radius 2 is 1.70 bits per heavy atom. The van der Waals surface area contributed by atoms with Crippen LogP contribution in [-0.2, 0) is 9.59 Å². The highest BCUT2D eigenvalue weighted by Gasteiger charge is 2.33. The number of hydrogen-bond donors (Lipinski definition) is 5. The third-order valence-electron chi connectivity index (χ3n) is 5.60. The van der Waals surface area contributed by atoms with E-state index in [1.54, 1.807) is 32.1 Å². The molecule has 0 spiro atoms. The van der Waals surface area contributed by atoms with Gasteiger partial charge in [-0.1, -0.05) is 100 Å². The number of benzene rings is 1. The first-order valence-electron chi connectivity index (χ1n) is 16.3. The number of halogens is 2. The van der Waals surface area contributed by atoms with Crippen molar-refractivity contribution >= 4 is 12.3 Å². The number of aromatic hydroxyl groups is 1. The second-order valence-corrected chi connectivity index (χ2v) is 10.7. The van der Waals surface area contributed by atoms with E-state index in [1.165, 1.54) is 0 Å². The minimum atomic E-state index is -2.64. The van der Waals surface area contributed by atoms with E-state index in [1.807, 2.05) is 73.6 Å². The zero-order chi connectivity index (χ0) is 36.9. The average Bonchev–Trinajstić information content (AvgIpc) is 3.04. The summed E-state index contributed by atoms with van der Waals surface area (Å²) in [7, 11) is 0. The molecule has 0 aromatic heterocycles. The van der Waals surface area contributed by atoms with Crippen LogP contribution in [0.4, 0.5) is 8.78 Å². The van der Waals surface area contributed by atoms with Crippen molar-refractivity contribution in [3.63, 3.8) is 0 Å². The van der Waals surface area contributed by atoms with Crippen LogP contribution in [0.25, 0.3) is 0 Å². The van der Waals surface area contributed by atoms with Crippen LogP contribution in [0, 0.1) is 19.3 Å². The number of rotatable bonds is 11. The summed E-state index contributed by atoms with van der Waals surface area (Å²) >= 11 is 0. The molecule has 1 aliphatic heterocycles. The summed E-state index contributed by atoms with van der Waals surface area (Å²) in [5.41, 5.74) is 3.49. The minimum absolute atomic E-state index is 0.173. The van der Waals surface area contributed by atoms with Gasteiger partial charge in [0, 0.05) is 31.0 Å². The Kier molecular flexibility index (Phi) is 32.6. The van der Waals surface area contributed by atoms with Crippen LogP contribution in [0.5, 0.6) is 5.75 Å². The number of aliphatic hydroxyl groups excluding tert-OH is 1. The number of nitrogens with zero attached hydrogens (tertiary/aromatic N) is 1. The van der Waals surface area contributed by atoms with Gasteiger partial charge in [-0.15, -0.1) is 0 Å². The van der Waals surface area contributed by atoms with E-state index in [0.29, 0.717) is 30.1 Å². The van der Waals surface area contributed by atoms with Crippen LogP contribution < -0.4 is 16.0 Å². The number of amides is 2. The van der Waals surface area contributed by atoms with E-state index in [0.717, 1.165) is 29.0 Å². The lowest BCUT2D eigenvalue weighted by Gasteiger charge is -2.32. The van der Waals surface area contributed by atoms with Crippen molar-refractivity contribution in [3.8, 4) is 5.75 Å². The number of carbonyl (C=O) groups is 2. The monoisotopic (exact) mass is 657 g/mol. The van der Waals surface area contributed by atoms with Gasteiger partial charge >= 0.3 is 0 Å².